The molecule has 0 aliphatic heterocycles. The van der Waals surface area contributed by atoms with Gasteiger partial charge in [0.15, 0.2) is 0 Å². The van der Waals surface area contributed by atoms with E-state index < -0.39 is 10.1 Å². The second-order valence-electron chi connectivity index (χ2n) is 5.86. The molecule has 0 saturated carbocycles. The molecule has 0 spiro atoms. The Morgan fingerprint density at radius 3 is 2.00 bits per heavy atom. The average Bonchev–Trinajstić information content (AvgIpc) is 2.67. The van der Waals surface area contributed by atoms with Crippen LogP contribution in [0.25, 0.3) is 0 Å². The molecule has 0 amide bonds. The van der Waals surface area contributed by atoms with Crippen molar-refractivity contribution in [2.45, 2.75) is 11.8 Å². The van der Waals surface area contributed by atoms with Crippen molar-refractivity contribution in [3.63, 3.8) is 0 Å². The van der Waals surface area contributed by atoms with E-state index in [-0.39, 0.29) is 45.9 Å². The van der Waals surface area contributed by atoms with E-state index in [0.717, 1.165) is 11.6 Å². The van der Waals surface area contributed by atoms with Gasteiger partial charge in [-0.05, 0) is 67.1 Å². The van der Waals surface area contributed by atoms with E-state index in [0.29, 0.717) is 17.1 Å². The van der Waals surface area contributed by atoms with Crippen LogP contribution in [0.3, 0.4) is 0 Å². The summed E-state index contributed by atoms with van der Waals surface area (Å²) < 4.78 is 33.1. The summed E-state index contributed by atoms with van der Waals surface area (Å²) >= 11 is 0. The predicted molar refractivity (Wildman–Crippen MR) is 102 cm³/mol. The zero-order chi connectivity index (χ0) is 20.1. The number of rotatable bonds is 5. The first-order valence-corrected chi connectivity index (χ1v) is 9.51. The van der Waals surface area contributed by atoms with Crippen molar-refractivity contribution in [2.75, 3.05) is 0 Å². The van der Waals surface area contributed by atoms with Crippen molar-refractivity contribution in [3.8, 4) is 5.75 Å². The van der Waals surface area contributed by atoms with Gasteiger partial charge >= 0.3 is 29.6 Å². The Morgan fingerprint density at radius 2 is 1.38 bits per heavy atom. The minimum atomic E-state index is -4.54. The SMILES string of the molecule is Cc1ccc(O)c(N=Nc2ccc(N=Nc3cccc(S(=O)(=O)[O-])c3)cc2)c1.[Na+]. The smallest absolute Gasteiger partial charge is 0.744 e. The molecule has 0 aromatic heterocycles. The normalized spacial score (nSPS) is 11.7. The van der Waals surface area contributed by atoms with Gasteiger partial charge in [0.05, 0.1) is 22.0 Å². The van der Waals surface area contributed by atoms with Crippen LogP contribution in [0.1, 0.15) is 5.56 Å². The third-order valence-electron chi connectivity index (χ3n) is 3.64. The Bertz CT molecular complexity index is 1160. The summed E-state index contributed by atoms with van der Waals surface area (Å²) in [6.07, 6.45) is 0. The summed E-state index contributed by atoms with van der Waals surface area (Å²) in [4.78, 5) is -0.362. The number of phenols is 1. The van der Waals surface area contributed by atoms with Gasteiger partial charge in [0.25, 0.3) is 0 Å². The molecule has 3 aromatic rings. The van der Waals surface area contributed by atoms with E-state index in [1.54, 1.807) is 42.5 Å². The van der Waals surface area contributed by atoms with Crippen LogP contribution < -0.4 is 29.6 Å². The molecule has 1 N–H and O–H groups in total. The van der Waals surface area contributed by atoms with Crippen LogP contribution in [-0.2, 0) is 10.1 Å². The van der Waals surface area contributed by atoms with Crippen molar-refractivity contribution in [3.05, 3.63) is 72.3 Å². The second kappa shape index (κ2) is 9.86. The van der Waals surface area contributed by atoms with E-state index in [2.05, 4.69) is 20.5 Å². The Balaban J connectivity index is 0.00000300. The molecule has 0 atom stereocenters. The quantitative estimate of drug-likeness (QED) is 0.388. The molecule has 0 saturated heterocycles. The molecule has 0 heterocycles. The molecule has 0 aliphatic rings. The summed E-state index contributed by atoms with van der Waals surface area (Å²) in [5.41, 5.74) is 2.64. The third kappa shape index (κ3) is 6.55. The average molecular weight is 418 g/mol. The van der Waals surface area contributed by atoms with Crippen LogP contribution in [0.5, 0.6) is 5.75 Å². The summed E-state index contributed by atoms with van der Waals surface area (Å²) in [5.74, 6) is 0.0436. The number of hydrogen-bond acceptors (Lipinski definition) is 8. The van der Waals surface area contributed by atoms with E-state index in [1.807, 2.05) is 6.92 Å². The molecule has 0 radical (unpaired) electrons. The first-order valence-electron chi connectivity index (χ1n) is 8.10. The van der Waals surface area contributed by atoms with Gasteiger partial charge in [-0.25, -0.2) is 8.42 Å². The van der Waals surface area contributed by atoms with Crippen LogP contribution in [-0.4, -0.2) is 18.1 Å². The maximum absolute atomic E-state index is 11.0. The minimum absolute atomic E-state index is 0. The molecule has 3 aromatic carbocycles. The van der Waals surface area contributed by atoms with Crippen LogP contribution in [0.2, 0.25) is 0 Å². The zero-order valence-corrected chi connectivity index (χ0v) is 18.5. The van der Waals surface area contributed by atoms with Crippen LogP contribution in [0.4, 0.5) is 22.7 Å². The maximum Gasteiger partial charge on any atom is 1.00 e. The molecule has 0 aliphatic carbocycles. The first-order chi connectivity index (χ1) is 13.3. The number of azo groups is 2. The van der Waals surface area contributed by atoms with E-state index in [1.165, 1.54) is 18.2 Å². The Morgan fingerprint density at radius 1 is 0.793 bits per heavy atom. The monoisotopic (exact) mass is 418 g/mol. The van der Waals surface area contributed by atoms with Crippen molar-refractivity contribution < 1.29 is 47.6 Å². The van der Waals surface area contributed by atoms with Gasteiger partial charge in [-0.1, -0.05) is 12.1 Å². The fourth-order valence-electron chi connectivity index (χ4n) is 2.23. The number of phenolic OH excluding ortho intramolecular Hbond substituents is 1. The summed E-state index contributed by atoms with van der Waals surface area (Å²) in [6.45, 7) is 1.89. The maximum atomic E-state index is 11.0. The summed E-state index contributed by atoms with van der Waals surface area (Å²) in [7, 11) is -4.54. The van der Waals surface area contributed by atoms with E-state index in [4.69, 9.17) is 0 Å². The number of hydrogen-bond donors (Lipinski definition) is 1. The molecule has 3 rings (SSSR count). The molecule has 29 heavy (non-hydrogen) atoms. The molecular formula is C19H15N4NaO4S. The van der Waals surface area contributed by atoms with Gasteiger partial charge in [-0.3, -0.25) is 0 Å². The summed E-state index contributed by atoms with van der Waals surface area (Å²) in [5, 5.41) is 25.8. The molecular weight excluding hydrogens is 403 g/mol. The molecule has 0 fully saturated rings. The van der Waals surface area contributed by atoms with Gasteiger partial charge in [0.1, 0.15) is 21.6 Å². The van der Waals surface area contributed by atoms with Crippen molar-refractivity contribution in [2.24, 2.45) is 20.5 Å². The summed E-state index contributed by atoms with van der Waals surface area (Å²) in [6, 6.07) is 17.0. The Kier molecular flexibility index (Phi) is 7.77. The van der Waals surface area contributed by atoms with Gasteiger partial charge in [0, 0.05) is 0 Å². The molecule has 10 heteroatoms. The molecule has 8 nitrogen and oxygen atoms in total. The number of nitrogens with zero attached hydrogens (tertiary/aromatic N) is 4. The van der Waals surface area contributed by atoms with Crippen LogP contribution in [0, 0.1) is 6.92 Å². The van der Waals surface area contributed by atoms with Crippen molar-refractivity contribution >= 4 is 32.9 Å². The van der Waals surface area contributed by atoms with Crippen LogP contribution >= 0.6 is 0 Å². The van der Waals surface area contributed by atoms with Gasteiger partial charge in [-0.15, -0.1) is 5.11 Å². The second-order valence-corrected chi connectivity index (χ2v) is 7.24. The minimum Gasteiger partial charge on any atom is -0.744 e. The van der Waals surface area contributed by atoms with E-state index >= 15 is 0 Å². The van der Waals surface area contributed by atoms with Gasteiger partial charge in [-0.2, -0.15) is 15.3 Å². The first kappa shape index (κ1) is 22.9. The van der Waals surface area contributed by atoms with Gasteiger partial charge < -0.3 is 9.66 Å². The molecule has 142 valence electrons. The zero-order valence-electron chi connectivity index (χ0n) is 15.7. The van der Waals surface area contributed by atoms with E-state index in [9.17, 15) is 18.1 Å². The Hall–Kier alpha value is -2.43. The van der Waals surface area contributed by atoms with Gasteiger partial charge in [0.2, 0.25) is 0 Å². The topological polar surface area (TPSA) is 127 Å². The Labute approximate surface area is 190 Å². The third-order valence-corrected chi connectivity index (χ3v) is 4.47. The number of benzene rings is 3. The van der Waals surface area contributed by atoms with Crippen molar-refractivity contribution in [1.29, 1.82) is 0 Å². The molecule has 0 bridgehead atoms. The number of aromatic hydroxyl groups is 1. The fourth-order valence-corrected chi connectivity index (χ4v) is 2.74. The standard InChI is InChI=1S/C19H16N4O4S.Na/c1-13-5-10-19(24)18(11-13)23-21-15-8-6-14(7-9-15)20-22-16-3-2-4-17(12-16)28(25,26)27;/h2-12,24H,1H3,(H,25,26,27);/q;+1/p-1. The molecule has 0 unspecified atom stereocenters. The van der Waals surface area contributed by atoms with Crippen molar-refractivity contribution in [1.82, 2.24) is 0 Å². The number of aryl methyl sites for hydroxylation is 1. The predicted octanol–water partition coefficient (Wildman–Crippen LogP) is 2.44. The fraction of sp³-hybridized carbons (Fsp3) is 0.0526. The van der Waals surface area contributed by atoms with Crippen LogP contribution in [0.15, 0.2) is 92.1 Å². The largest absolute Gasteiger partial charge is 1.00 e.